The van der Waals surface area contributed by atoms with Crippen molar-refractivity contribution in [1.29, 1.82) is 0 Å². The van der Waals surface area contributed by atoms with E-state index < -0.39 is 0 Å². The summed E-state index contributed by atoms with van der Waals surface area (Å²) in [5, 5.41) is 13.5. The van der Waals surface area contributed by atoms with Gasteiger partial charge in [0.05, 0.1) is 10.2 Å². The van der Waals surface area contributed by atoms with Crippen LogP contribution in [-0.4, -0.2) is 26.3 Å². The van der Waals surface area contributed by atoms with Crippen molar-refractivity contribution in [3.63, 3.8) is 0 Å². The van der Waals surface area contributed by atoms with Crippen LogP contribution in [0.1, 0.15) is 24.4 Å². The Morgan fingerprint density at radius 2 is 2.35 bits per heavy atom. The van der Waals surface area contributed by atoms with Gasteiger partial charge < -0.3 is 9.88 Å². The summed E-state index contributed by atoms with van der Waals surface area (Å²) in [5.74, 6) is 0.997. The monoisotopic (exact) mass is 287 g/mol. The van der Waals surface area contributed by atoms with E-state index in [1.54, 1.807) is 17.7 Å². The van der Waals surface area contributed by atoms with Gasteiger partial charge in [-0.2, -0.15) is 0 Å². The maximum Gasteiger partial charge on any atom is 0.133 e. The molecule has 3 aromatic heterocycles. The van der Waals surface area contributed by atoms with Crippen LogP contribution in [0.25, 0.3) is 10.2 Å². The number of nitrogens with one attached hydrogen (secondary N) is 1. The molecule has 1 atom stereocenters. The average molecular weight is 287 g/mol. The van der Waals surface area contributed by atoms with E-state index in [9.17, 15) is 0 Å². The van der Waals surface area contributed by atoms with Crippen molar-refractivity contribution in [2.75, 3.05) is 6.54 Å². The Balaban J connectivity index is 1.61. The van der Waals surface area contributed by atoms with Crippen molar-refractivity contribution >= 4 is 21.6 Å². The second-order valence-corrected chi connectivity index (χ2v) is 5.80. The molecule has 3 rings (SSSR count). The number of thiophene rings is 1. The summed E-state index contributed by atoms with van der Waals surface area (Å²) < 4.78 is 3.19. The quantitative estimate of drug-likeness (QED) is 0.782. The number of fused-ring (bicyclic) bond motifs is 1. The Bertz CT molecular complexity index is 702. The van der Waals surface area contributed by atoms with Crippen molar-refractivity contribution in [3.05, 3.63) is 41.4 Å². The van der Waals surface area contributed by atoms with Gasteiger partial charge >= 0.3 is 0 Å². The zero-order valence-corrected chi connectivity index (χ0v) is 12.4. The van der Waals surface area contributed by atoms with E-state index in [1.807, 2.05) is 17.8 Å². The molecule has 0 fully saturated rings. The first-order chi connectivity index (χ1) is 9.74. The average Bonchev–Trinajstić information content (AvgIpc) is 3.07. The Labute approximate surface area is 121 Å². The number of aryl methyl sites for hydroxylation is 1. The van der Waals surface area contributed by atoms with E-state index in [0.717, 1.165) is 24.3 Å². The van der Waals surface area contributed by atoms with Crippen LogP contribution < -0.4 is 5.32 Å². The number of hydrogen-bond donors (Lipinski definition) is 1. The van der Waals surface area contributed by atoms with Crippen molar-refractivity contribution < 1.29 is 0 Å². The predicted molar refractivity (Wildman–Crippen MR) is 80.7 cm³/mol. The van der Waals surface area contributed by atoms with E-state index in [0.29, 0.717) is 0 Å². The zero-order chi connectivity index (χ0) is 13.9. The van der Waals surface area contributed by atoms with Crippen molar-refractivity contribution in [2.45, 2.75) is 19.4 Å². The van der Waals surface area contributed by atoms with E-state index in [-0.39, 0.29) is 6.04 Å². The summed E-state index contributed by atoms with van der Waals surface area (Å²) in [6.45, 7) is 3.03. The van der Waals surface area contributed by atoms with Crippen LogP contribution in [-0.2, 0) is 13.5 Å². The molecular weight excluding hydrogens is 270 g/mol. The van der Waals surface area contributed by atoms with Gasteiger partial charge in [-0.1, -0.05) is 0 Å². The van der Waals surface area contributed by atoms with Crippen LogP contribution in [0.4, 0.5) is 0 Å². The molecule has 0 spiro atoms. The molecule has 104 valence electrons. The number of pyridine rings is 1. The van der Waals surface area contributed by atoms with Crippen LogP contribution in [0, 0.1) is 0 Å². The van der Waals surface area contributed by atoms with E-state index in [4.69, 9.17) is 0 Å². The third-order valence-electron chi connectivity index (χ3n) is 3.43. The number of rotatable bonds is 5. The Hall–Kier alpha value is -1.79. The van der Waals surface area contributed by atoms with E-state index in [1.165, 1.54) is 10.3 Å². The molecule has 3 aromatic rings. The lowest BCUT2D eigenvalue weighted by molar-refractivity contribution is 0.564. The molecule has 1 unspecified atom stereocenters. The topological polar surface area (TPSA) is 55.6 Å². The molecule has 0 radical (unpaired) electrons. The fourth-order valence-electron chi connectivity index (χ4n) is 2.15. The lowest BCUT2D eigenvalue weighted by Crippen LogP contribution is -2.22. The highest BCUT2D eigenvalue weighted by Crippen LogP contribution is 2.22. The zero-order valence-electron chi connectivity index (χ0n) is 11.6. The van der Waals surface area contributed by atoms with Gasteiger partial charge in [0.15, 0.2) is 0 Å². The molecule has 5 nitrogen and oxygen atoms in total. The minimum absolute atomic E-state index is 0.280. The Kier molecular flexibility index (Phi) is 3.75. The highest BCUT2D eigenvalue weighted by atomic mass is 32.1. The fraction of sp³-hybridized carbons (Fsp3) is 0.357. The van der Waals surface area contributed by atoms with Gasteiger partial charge in [0.25, 0.3) is 0 Å². The maximum absolute atomic E-state index is 4.48. The highest BCUT2D eigenvalue weighted by Gasteiger charge is 2.08. The highest BCUT2D eigenvalue weighted by molar-refractivity contribution is 7.17. The summed E-state index contributed by atoms with van der Waals surface area (Å²) in [7, 11) is 1.97. The molecule has 0 bridgehead atoms. The summed E-state index contributed by atoms with van der Waals surface area (Å²) in [6, 6.07) is 4.55. The van der Waals surface area contributed by atoms with Crippen LogP contribution in [0.15, 0.2) is 30.0 Å². The third-order valence-corrected chi connectivity index (χ3v) is 4.28. The molecule has 0 aromatic carbocycles. The Morgan fingerprint density at radius 1 is 1.45 bits per heavy atom. The van der Waals surface area contributed by atoms with Gasteiger partial charge in [0.2, 0.25) is 0 Å². The number of hydrogen-bond acceptors (Lipinski definition) is 5. The summed E-state index contributed by atoms with van der Waals surface area (Å²) in [5.41, 5.74) is 2.29. The lowest BCUT2D eigenvalue weighted by Gasteiger charge is -2.13. The fourth-order valence-corrected chi connectivity index (χ4v) is 2.94. The first-order valence-electron chi connectivity index (χ1n) is 6.63. The van der Waals surface area contributed by atoms with Crippen LogP contribution in [0.5, 0.6) is 0 Å². The van der Waals surface area contributed by atoms with E-state index >= 15 is 0 Å². The molecule has 0 amide bonds. The van der Waals surface area contributed by atoms with Gasteiger partial charge in [-0.05, 0) is 30.0 Å². The van der Waals surface area contributed by atoms with Crippen molar-refractivity contribution in [3.8, 4) is 0 Å². The largest absolute Gasteiger partial charge is 0.321 e. The SMILES string of the molecule is CC(NCCc1nncn1C)c1cnc2ccsc2c1. The van der Waals surface area contributed by atoms with E-state index in [2.05, 4.69) is 44.9 Å². The normalized spacial score (nSPS) is 12.9. The van der Waals surface area contributed by atoms with Gasteiger partial charge in [0.1, 0.15) is 12.2 Å². The standard InChI is InChI=1S/C14H17N5S/c1-10(15-5-3-14-18-17-9-19(14)2)11-7-13-12(16-8-11)4-6-20-13/h4,6-10,15H,3,5H2,1-2H3. The molecule has 6 heteroatoms. The second kappa shape index (κ2) is 5.68. The first-order valence-corrected chi connectivity index (χ1v) is 7.51. The van der Waals surface area contributed by atoms with Gasteiger partial charge in [-0.15, -0.1) is 21.5 Å². The van der Waals surface area contributed by atoms with Gasteiger partial charge in [0, 0.05) is 32.3 Å². The predicted octanol–water partition coefficient (Wildman–Crippen LogP) is 2.32. The maximum atomic E-state index is 4.48. The molecule has 0 saturated heterocycles. The summed E-state index contributed by atoms with van der Waals surface area (Å²) in [4.78, 5) is 4.48. The summed E-state index contributed by atoms with van der Waals surface area (Å²) in [6.07, 6.45) is 4.55. The molecule has 0 aliphatic heterocycles. The first kappa shape index (κ1) is 13.2. The summed E-state index contributed by atoms with van der Waals surface area (Å²) >= 11 is 1.73. The molecule has 3 heterocycles. The Morgan fingerprint density at radius 3 is 3.15 bits per heavy atom. The lowest BCUT2D eigenvalue weighted by atomic mass is 10.1. The molecule has 0 aliphatic carbocycles. The van der Waals surface area contributed by atoms with Crippen LogP contribution in [0.2, 0.25) is 0 Å². The van der Waals surface area contributed by atoms with Crippen LogP contribution >= 0.6 is 11.3 Å². The second-order valence-electron chi connectivity index (χ2n) is 4.86. The molecule has 20 heavy (non-hydrogen) atoms. The van der Waals surface area contributed by atoms with Crippen molar-refractivity contribution in [2.24, 2.45) is 7.05 Å². The van der Waals surface area contributed by atoms with Gasteiger partial charge in [-0.25, -0.2) is 0 Å². The minimum Gasteiger partial charge on any atom is -0.321 e. The number of nitrogens with zero attached hydrogens (tertiary/aromatic N) is 4. The molecule has 0 saturated carbocycles. The van der Waals surface area contributed by atoms with Crippen LogP contribution in [0.3, 0.4) is 0 Å². The molecule has 0 aliphatic rings. The molecule has 1 N–H and O–H groups in total. The molecular formula is C14H17N5S. The van der Waals surface area contributed by atoms with Crippen molar-refractivity contribution in [1.82, 2.24) is 25.1 Å². The smallest absolute Gasteiger partial charge is 0.133 e. The minimum atomic E-state index is 0.280. The third kappa shape index (κ3) is 2.71. The van der Waals surface area contributed by atoms with Gasteiger partial charge in [-0.3, -0.25) is 4.98 Å². The number of aromatic nitrogens is 4.